The minimum Gasteiger partial charge on any atom is -0.383 e. The molecule has 0 fully saturated rings. The largest absolute Gasteiger partial charge is 0.383 e. The van der Waals surface area contributed by atoms with Crippen LogP contribution < -0.4 is 10.6 Å². The van der Waals surface area contributed by atoms with Gasteiger partial charge in [-0.2, -0.15) is 5.26 Å². The number of hydrogen-bond acceptors (Lipinski definition) is 5. The highest BCUT2D eigenvalue weighted by Gasteiger charge is 2.16. The van der Waals surface area contributed by atoms with E-state index in [2.05, 4.69) is 34.8 Å². The quantitative estimate of drug-likeness (QED) is 0.850. The van der Waals surface area contributed by atoms with Gasteiger partial charge in [-0.25, -0.2) is 9.97 Å². The van der Waals surface area contributed by atoms with E-state index in [1.165, 1.54) is 0 Å². The van der Waals surface area contributed by atoms with E-state index in [0.29, 0.717) is 12.4 Å². The third-order valence-electron chi connectivity index (χ3n) is 3.07. The standard InChI is InChI=1S/C14H23N5/c1-5-7-12-17-13(16)11(4)14(18-12)19(6-2)9-10(3)8-15/h10H,5-7,9H2,1-4H3,(H2,16,17,18). The maximum Gasteiger partial charge on any atom is 0.137 e. The molecule has 0 aliphatic rings. The van der Waals surface area contributed by atoms with Crippen LogP contribution in [-0.2, 0) is 6.42 Å². The van der Waals surface area contributed by atoms with Crippen LogP contribution in [0, 0.1) is 24.2 Å². The van der Waals surface area contributed by atoms with Crippen molar-refractivity contribution >= 4 is 11.6 Å². The Morgan fingerprint density at radius 3 is 2.58 bits per heavy atom. The summed E-state index contributed by atoms with van der Waals surface area (Å²) in [6, 6.07) is 2.26. The Bertz CT molecular complexity index is 464. The second-order valence-corrected chi connectivity index (χ2v) is 4.79. The molecule has 0 bridgehead atoms. The molecule has 0 aliphatic heterocycles. The lowest BCUT2D eigenvalue weighted by Crippen LogP contribution is -2.30. The van der Waals surface area contributed by atoms with Gasteiger partial charge in [0.25, 0.3) is 0 Å². The second kappa shape index (κ2) is 6.93. The fourth-order valence-electron chi connectivity index (χ4n) is 1.95. The molecular weight excluding hydrogens is 238 g/mol. The molecule has 0 saturated carbocycles. The van der Waals surface area contributed by atoms with Gasteiger partial charge in [0, 0.05) is 25.1 Å². The number of nitrogen functional groups attached to an aromatic ring is 1. The Labute approximate surface area is 115 Å². The zero-order valence-electron chi connectivity index (χ0n) is 12.3. The molecule has 1 heterocycles. The molecule has 0 amide bonds. The normalized spacial score (nSPS) is 11.9. The van der Waals surface area contributed by atoms with Crippen LogP contribution in [0.2, 0.25) is 0 Å². The zero-order chi connectivity index (χ0) is 14.4. The molecule has 0 saturated heterocycles. The summed E-state index contributed by atoms with van der Waals surface area (Å²) < 4.78 is 0. The first-order valence-corrected chi connectivity index (χ1v) is 6.80. The second-order valence-electron chi connectivity index (χ2n) is 4.79. The lowest BCUT2D eigenvalue weighted by Gasteiger charge is -2.25. The molecular formula is C14H23N5. The molecule has 1 atom stereocenters. The summed E-state index contributed by atoms with van der Waals surface area (Å²) in [5, 5.41) is 8.95. The van der Waals surface area contributed by atoms with E-state index in [9.17, 15) is 0 Å². The third kappa shape index (κ3) is 3.82. The van der Waals surface area contributed by atoms with Gasteiger partial charge in [0.1, 0.15) is 17.5 Å². The Kier molecular flexibility index (Phi) is 5.56. The molecule has 0 aromatic carbocycles. The van der Waals surface area contributed by atoms with Gasteiger partial charge >= 0.3 is 0 Å². The summed E-state index contributed by atoms with van der Waals surface area (Å²) in [4.78, 5) is 11.0. The first-order chi connectivity index (χ1) is 9.03. The van der Waals surface area contributed by atoms with Crippen molar-refractivity contribution in [1.29, 1.82) is 5.26 Å². The number of nitriles is 1. The number of hydrogen-bond donors (Lipinski definition) is 1. The van der Waals surface area contributed by atoms with Crippen LogP contribution >= 0.6 is 0 Å². The third-order valence-corrected chi connectivity index (χ3v) is 3.07. The molecule has 5 nitrogen and oxygen atoms in total. The topological polar surface area (TPSA) is 78.8 Å². The van der Waals surface area contributed by atoms with Crippen molar-refractivity contribution in [2.75, 3.05) is 23.7 Å². The predicted molar refractivity (Wildman–Crippen MR) is 77.8 cm³/mol. The highest BCUT2D eigenvalue weighted by atomic mass is 15.2. The van der Waals surface area contributed by atoms with E-state index in [0.717, 1.165) is 36.6 Å². The van der Waals surface area contributed by atoms with Crippen molar-refractivity contribution in [1.82, 2.24) is 9.97 Å². The predicted octanol–water partition coefficient (Wildman–Crippen LogP) is 2.31. The maximum atomic E-state index is 8.95. The fraction of sp³-hybridized carbons (Fsp3) is 0.643. The first kappa shape index (κ1) is 15.2. The smallest absolute Gasteiger partial charge is 0.137 e. The minimum absolute atomic E-state index is 0.0369. The van der Waals surface area contributed by atoms with Gasteiger partial charge in [-0.15, -0.1) is 0 Å². The van der Waals surface area contributed by atoms with Crippen molar-refractivity contribution in [3.63, 3.8) is 0 Å². The number of nitrogens with zero attached hydrogens (tertiary/aromatic N) is 4. The van der Waals surface area contributed by atoms with Gasteiger partial charge in [0.05, 0.1) is 12.0 Å². The monoisotopic (exact) mass is 261 g/mol. The van der Waals surface area contributed by atoms with E-state index in [1.807, 2.05) is 13.8 Å². The van der Waals surface area contributed by atoms with Crippen LogP contribution in [-0.4, -0.2) is 23.1 Å². The number of rotatable bonds is 6. The van der Waals surface area contributed by atoms with Crippen molar-refractivity contribution in [2.45, 2.75) is 40.5 Å². The van der Waals surface area contributed by atoms with Crippen LogP contribution in [0.4, 0.5) is 11.6 Å². The molecule has 104 valence electrons. The molecule has 19 heavy (non-hydrogen) atoms. The maximum absolute atomic E-state index is 8.95. The van der Waals surface area contributed by atoms with Crippen LogP contribution in [0.15, 0.2) is 0 Å². The Morgan fingerprint density at radius 1 is 1.37 bits per heavy atom. The summed E-state index contributed by atoms with van der Waals surface area (Å²) in [7, 11) is 0. The van der Waals surface area contributed by atoms with Gasteiger partial charge in [0.15, 0.2) is 0 Å². The summed E-state index contributed by atoms with van der Waals surface area (Å²) in [6.45, 7) is 9.45. The summed E-state index contributed by atoms with van der Waals surface area (Å²) in [5.41, 5.74) is 6.86. The lowest BCUT2D eigenvalue weighted by molar-refractivity contribution is 0.673. The Morgan fingerprint density at radius 2 is 2.05 bits per heavy atom. The summed E-state index contributed by atoms with van der Waals surface area (Å²) in [5.74, 6) is 2.14. The molecule has 1 unspecified atom stereocenters. The Hall–Kier alpha value is -1.83. The molecule has 5 heteroatoms. The summed E-state index contributed by atoms with van der Waals surface area (Å²) >= 11 is 0. The van der Waals surface area contributed by atoms with E-state index in [4.69, 9.17) is 11.0 Å². The van der Waals surface area contributed by atoms with E-state index >= 15 is 0 Å². The highest BCUT2D eigenvalue weighted by Crippen LogP contribution is 2.22. The van der Waals surface area contributed by atoms with Crippen molar-refractivity contribution < 1.29 is 0 Å². The number of anilines is 2. The zero-order valence-corrected chi connectivity index (χ0v) is 12.3. The molecule has 1 rings (SSSR count). The molecule has 0 aliphatic carbocycles. The van der Waals surface area contributed by atoms with Gasteiger partial charge in [-0.1, -0.05) is 6.92 Å². The highest BCUT2D eigenvalue weighted by molar-refractivity contribution is 5.56. The van der Waals surface area contributed by atoms with Crippen LogP contribution in [0.3, 0.4) is 0 Å². The molecule has 1 aromatic rings. The molecule has 0 radical (unpaired) electrons. The van der Waals surface area contributed by atoms with Crippen LogP contribution in [0.25, 0.3) is 0 Å². The first-order valence-electron chi connectivity index (χ1n) is 6.80. The fourth-order valence-corrected chi connectivity index (χ4v) is 1.95. The molecule has 0 spiro atoms. The number of aryl methyl sites for hydroxylation is 1. The van der Waals surface area contributed by atoms with Gasteiger partial charge in [-0.05, 0) is 27.2 Å². The van der Waals surface area contributed by atoms with Crippen LogP contribution in [0.1, 0.15) is 38.6 Å². The van der Waals surface area contributed by atoms with Gasteiger partial charge in [-0.3, -0.25) is 0 Å². The summed E-state index contributed by atoms with van der Waals surface area (Å²) in [6.07, 6.45) is 1.81. The minimum atomic E-state index is -0.0369. The van der Waals surface area contributed by atoms with E-state index in [1.54, 1.807) is 0 Å². The van der Waals surface area contributed by atoms with Gasteiger partial charge < -0.3 is 10.6 Å². The molecule has 1 aromatic heterocycles. The van der Waals surface area contributed by atoms with Crippen molar-refractivity contribution in [3.8, 4) is 6.07 Å². The Balaban J connectivity index is 3.11. The van der Waals surface area contributed by atoms with E-state index < -0.39 is 0 Å². The number of nitrogens with two attached hydrogens (primary N) is 1. The SMILES string of the molecule is CCCc1nc(N)c(C)c(N(CC)CC(C)C#N)n1. The van der Waals surface area contributed by atoms with Crippen molar-refractivity contribution in [2.24, 2.45) is 5.92 Å². The van der Waals surface area contributed by atoms with Crippen molar-refractivity contribution in [3.05, 3.63) is 11.4 Å². The lowest BCUT2D eigenvalue weighted by atomic mass is 10.2. The van der Waals surface area contributed by atoms with E-state index in [-0.39, 0.29) is 5.92 Å². The van der Waals surface area contributed by atoms with Crippen LogP contribution in [0.5, 0.6) is 0 Å². The number of aromatic nitrogens is 2. The average Bonchev–Trinajstić information content (AvgIpc) is 2.40. The average molecular weight is 261 g/mol. The molecule has 2 N–H and O–H groups in total. The van der Waals surface area contributed by atoms with Gasteiger partial charge in [0.2, 0.25) is 0 Å².